The molecule has 0 spiro atoms. The molecular formula is C10H17N3O2. The number of aromatic nitrogens is 2. The van der Waals surface area contributed by atoms with Gasteiger partial charge >= 0.3 is 5.69 Å². The van der Waals surface area contributed by atoms with Crippen LogP contribution in [0.1, 0.15) is 18.9 Å². The van der Waals surface area contributed by atoms with Crippen LogP contribution in [0.15, 0.2) is 17.2 Å². The lowest BCUT2D eigenvalue weighted by Gasteiger charge is -2.09. The van der Waals surface area contributed by atoms with E-state index >= 15 is 0 Å². The Balaban J connectivity index is 2.05. The Kier molecular flexibility index (Phi) is 2.93. The van der Waals surface area contributed by atoms with E-state index in [0.29, 0.717) is 19.1 Å². The smallest absolute Gasteiger partial charge is 0.328 e. The highest BCUT2D eigenvalue weighted by atomic mass is 16.3. The summed E-state index contributed by atoms with van der Waals surface area (Å²) in [5.74, 6) is 0. The molecule has 0 aromatic carbocycles. The van der Waals surface area contributed by atoms with Gasteiger partial charge in [0.1, 0.15) is 0 Å². The second-order valence-corrected chi connectivity index (χ2v) is 4.08. The van der Waals surface area contributed by atoms with Gasteiger partial charge in [0.2, 0.25) is 0 Å². The van der Waals surface area contributed by atoms with Crippen molar-refractivity contribution in [1.82, 2.24) is 14.5 Å². The van der Waals surface area contributed by atoms with Gasteiger partial charge in [0.05, 0.1) is 12.6 Å². The van der Waals surface area contributed by atoms with E-state index in [1.165, 1.54) is 0 Å². The van der Waals surface area contributed by atoms with Crippen LogP contribution in [0.2, 0.25) is 0 Å². The molecule has 0 radical (unpaired) electrons. The van der Waals surface area contributed by atoms with Gasteiger partial charge in [0, 0.05) is 25.0 Å². The molecule has 1 aromatic heterocycles. The standard InChI is InChI=1S/C10H17N3O2/c1-11-6-9(14)7-12-4-5-13(10(12)15)8-2-3-8/h4-5,8-9,11,14H,2-3,6-7H2,1H3. The molecule has 1 unspecified atom stereocenters. The summed E-state index contributed by atoms with van der Waals surface area (Å²) in [6, 6.07) is 0.403. The number of hydrogen-bond acceptors (Lipinski definition) is 3. The first kappa shape index (κ1) is 10.4. The van der Waals surface area contributed by atoms with Crippen LogP contribution in [0, 0.1) is 0 Å². The Morgan fingerprint density at radius 1 is 1.60 bits per heavy atom. The molecule has 1 fully saturated rings. The van der Waals surface area contributed by atoms with Crippen molar-refractivity contribution in [3.63, 3.8) is 0 Å². The number of nitrogens with one attached hydrogen (secondary N) is 1. The molecule has 0 aliphatic heterocycles. The average Bonchev–Trinajstić information content (AvgIpc) is 2.96. The van der Waals surface area contributed by atoms with Crippen LogP contribution < -0.4 is 11.0 Å². The van der Waals surface area contributed by atoms with E-state index in [2.05, 4.69) is 5.32 Å². The summed E-state index contributed by atoms with van der Waals surface area (Å²) in [7, 11) is 1.78. The van der Waals surface area contributed by atoms with Gasteiger partial charge in [-0.1, -0.05) is 0 Å². The van der Waals surface area contributed by atoms with Gasteiger partial charge in [-0.15, -0.1) is 0 Å². The van der Waals surface area contributed by atoms with E-state index < -0.39 is 6.10 Å². The lowest BCUT2D eigenvalue weighted by molar-refractivity contribution is 0.152. The first-order chi connectivity index (χ1) is 7.22. The number of aliphatic hydroxyl groups excluding tert-OH is 1. The van der Waals surface area contributed by atoms with Gasteiger partial charge < -0.3 is 10.4 Å². The van der Waals surface area contributed by atoms with E-state index in [-0.39, 0.29) is 5.69 Å². The van der Waals surface area contributed by atoms with Gasteiger partial charge in [-0.05, 0) is 19.9 Å². The molecule has 1 saturated carbocycles. The normalized spacial score (nSPS) is 18.0. The minimum atomic E-state index is -0.511. The second-order valence-electron chi connectivity index (χ2n) is 4.08. The maximum absolute atomic E-state index is 11.8. The van der Waals surface area contributed by atoms with Crippen molar-refractivity contribution < 1.29 is 5.11 Å². The first-order valence-corrected chi connectivity index (χ1v) is 5.32. The zero-order valence-electron chi connectivity index (χ0n) is 8.89. The monoisotopic (exact) mass is 211 g/mol. The van der Waals surface area contributed by atoms with Crippen LogP contribution in [0.5, 0.6) is 0 Å². The quantitative estimate of drug-likeness (QED) is 0.694. The molecular weight excluding hydrogens is 194 g/mol. The fourth-order valence-corrected chi connectivity index (χ4v) is 1.72. The van der Waals surface area contributed by atoms with Gasteiger partial charge in [0.25, 0.3) is 0 Å². The highest BCUT2D eigenvalue weighted by Gasteiger charge is 2.25. The molecule has 15 heavy (non-hydrogen) atoms. The first-order valence-electron chi connectivity index (χ1n) is 5.32. The van der Waals surface area contributed by atoms with Crippen LogP contribution >= 0.6 is 0 Å². The molecule has 5 heteroatoms. The van der Waals surface area contributed by atoms with Crippen LogP contribution in [-0.4, -0.2) is 33.9 Å². The molecule has 5 nitrogen and oxygen atoms in total. The summed E-state index contributed by atoms with van der Waals surface area (Å²) in [5, 5.41) is 12.4. The third kappa shape index (κ3) is 2.30. The highest BCUT2D eigenvalue weighted by Crippen LogP contribution is 2.33. The molecule has 1 aliphatic rings. The largest absolute Gasteiger partial charge is 0.390 e. The maximum atomic E-state index is 11.8. The Morgan fingerprint density at radius 2 is 2.33 bits per heavy atom. The predicted molar refractivity (Wildman–Crippen MR) is 56.9 cm³/mol. The number of hydrogen-bond donors (Lipinski definition) is 2. The van der Waals surface area contributed by atoms with Crippen LogP contribution in [0.4, 0.5) is 0 Å². The summed E-state index contributed by atoms with van der Waals surface area (Å²) >= 11 is 0. The Hall–Kier alpha value is -1.07. The molecule has 2 N–H and O–H groups in total. The van der Waals surface area contributed by atoms with Gasteiger partial charge in [0.15, 0.2) is 0 Å². The molecule has 1 heterocycles. The predicted octanol–water partition coefficient (Wildman–Crippen LogP) is -0.435. The van der Waals surface area contributed by atoms with Crippen molar-refractivity contribution in [2.45, 2.75) is 31.5 Å². The molecule has 0 bridgehead atoms. The van der Waals surface area contributed by atoms with Crippen molar-refractivity contribution in [2.75, 3.05) is 13.6 Å². The minimum absolute atomic E-state index is 0.00680. The maximum Gasteiger partial charge on any atom is 0.328 e. The van der Waals surface area contributed by atoms with Crippen molar-refractivity contribution in [2.24, 2.45) is 0 Å². The highest BCUT2D eigenvalue weighted by molar-refractivity contribution is 4.91. The van der Waals surface area contributed by atoms with Crippen LogP contribution in [0.25, 0.3) is 0 Å². The number of nitrogens with zero attached hydrogens (tertiary/aromatic N) is 2. The van der Waals surface area contributed by atoms with Crippen molar-refractivity contribution in [3.8, 4) is 0 Å². The molecule has 1 atom stereocenters. The second kappa shape index (κ2) is 4.20. The number of likely N-dealkylation sites (N-methyl/N-ethyl adjacent to an activating group) is 1. The Labute approximate surface area is 88.3 Å². The van der Waals surface area contributed by atoms with Crippen molar-refractivity contribution in [3.05, 3.63) is 22.9 Å². The summed E-state index contributed by atoms with van der Waals surface area (Å²) in [5.41, 5.74) is -0.00680. The third-order valence-electron chi connectivity index (χ3n) is 2.66. The van der Waals surface area contributed by atoms with E-state index in [9.17, 15) is 9.90 Å². The average molecular weight is 211 g/mol. The lowest BCUT2D eigenvalue weighted by Crippen LogP contribution is -2.33. The van der Waals surface area contributed by atoms with E-state index in [1.807, 2.05) is 6.20 Å². The molecule has 0 saturated heterocycles. The summed E-state index contributed by atoms with van der Waals surface area (Å²) < 4.78 is 3.33. The van der Waals surface area contributed by atoms with Crippen LogP contribution in [0.3, 0.4) is 0 Å². The Morgan fingerprint density at radius 3 is 2.93 bits per heavy atom. The summed E-state index contributed by atoms with van der Waals surface area (Å²) in [6.07, 6.45) is 5.25. The van der Waals surface area contributed by atoms with Gasteiger partial charge in [-0.25, -0.2) is 4.79 Å². The van der Waals surface area contributed by atoms with Gasteiger partial charge in [-0.3, -0.25) is 9.13 Å². The minimum Gasteiger partial charge on any atom is -0.390 e. The third-order valence-corrected chi connectivity index (χ3v) is 2.66. The van der Waals surface area contributed by atoms with E-state index in [1.54, 1.807) is 22.4 Å². The lowest BCUT2D eigenvalue weighted by atomic mass is 10.3. The van der Waals surface area contributed by atoms with Gasteiger partial charge in [-0.2, -0.15) is 0 Å². The van der Waals surface area contributed by atoms with E-state index in [0.717, 1.165) is 12.8 Å². The summed E-state index contributed by atoms with van der Waals surface area (Å²) in [4.78, 5) is 11.8. The van der Waals surface area contributed by atoms with Crippen molar-refractivity contribution >= 4 is 0 Å². The molecule has 2 rings (SSSR count). The molecule has 84 valence electrons. The van der Waals surface area contributed by atoms with Crippen LogP contribution in [-0.2, 0) is 6.54 Å². The topological polar surface area (TPSA) is 59.2 Å². The number of imidazole rings is 1. The summed E-state index contributed by atoms with van der Waals surface area (Å²) in [6.45, 7) is 0.862. The van der Waals surface area contributed by atoms with Crippen molar-refractivity contribution in [1.29, 1.82) is 0 Å². The fourth-order valence-electron chi connectivity index (χ4n) is 1.72. The Bertz CT molecular complexity index is 378. The zero-order valence-corrected chi connectivity index (χ0v) is 8.89. The molecule has 1 aromatic rings. The molecule has 1 aliphatic carbocycles. The number of aliphatic hydroxyl groups is 1. The zero-order chi connectivity index (χ0) is 10.8. The van der Waals surface area contributed by atoms with E-state index in [4.69, 9.17) is 0 Å². The molecule has 0 amide bonds. The fraction of sp³-hybridized carbons (Fsp3) is 0.700. The number of rotatable bonds is 5. The SMILES string of the molecule is CNCC(O)Cn1ccn(C2CC2)c1=O.